The van der Waals surface area contributed by atoms with E-state index < -0.39 is 0 Å². The highest BCUT2D eigenvalue weighted by molar-refractivity contribution is 7.00. The number of benzene rings is 1. The van der Waals surface area contributed by atoms with Crippen LogP contribution in [0.15, 0.2) is 24.8 Å². The van der Waals surface area contributed by atoms with Crippen molar-refractivity contribution < 1.29 is 9.59 Å². The third-order valence-electron chi connectivity index (χ3n) is 3.91. The molecule has 0 aliphatic carbocycles. The van der Waals surface area contributed by atoms with E-state index in [0.29, 0.717) is 42.4 Å². The summed E-state index contributed by atoms with van der Waals surface area (Å²) in [6.45, 7) is 5.65. The first-order chi connectivity index (χ1) is 11.6. The number of rotatable bonds is 4. The van der Waals surface area contributed by atoms with Crippen LogP contribution in [0.25, 0.3) is 11.0 Å². The minimum absolute atomic E-state index is 0.0445. The van der Waals surface area contributed by atoms with Gasteiger partial charge in [0.05, 0.1) is 29.0 Å². The second-order valence-corrected chi connectivity index (χ2v) is 6.25. The maximum absolute atomic E-state index is 12.4. The van der Waals surface area contributed by atoms with Gasteiger partial charge in [-0.15, -0.1) is 0 Å². The van der Waals surface area contributed by atoms with Gasteiger partial charge in [-0.05, 0) is 18.2 Å². The van der Waals surface area contributed by atoms with E-state index in [0.717, 1.165) is 17.2 Å². The molecule has 1 N–H and O–H groups in total. The van der Waals surface area contributed by atoms with Crippen LogP contribution in [0.3, 0.4) is 0 Å². The summed E-state index contributed by atoms with van der Waals surface area (Å²) in [5.74, 6) is -0.147. The number of anilines is 1. The van der Waals surface area contributed by atoms with Gasteiger partial charge < -0.3 is 15.1 Å². The highest BCUT2D eigenvalue weighted by atomic mass is 35.5. The normalized spacial score (nSPS) is 14.7. The molecule has 0 unspecified atom stereocenters. The molecule has 0 radical (unpaired) electrons. The van der Waals surface area contributed by atoms with Crippen molar-refractivity contribution in [3.8, 4) is 0 Å². The van der Waals surface area contributed by atoms with Crippen LogP contribution in [0.4, 0.5) is 5.69 Å². The third-order valence-corrected chi connectivity index (χ3v) is 4.77. The molecule has 0 atom stereocenters. The molecule has 24 heavy (non-hydrogen) atoms. The number of hydrogen-bond donors (Lipinski definition) is 1. The van der Waals surface area contributed by atoms with Gasteiger partial charge in [0.15, 0.2) is 0 Å². The van der Waals surface area contributed by atoms with Crippen molar-refractivity contribution in [3.05, 3.63) is 29.8 Å². The van der Waals surface area contributed by atoms with E-state index in [1.165, 1.54) is 6.08 Å². The second kappa shape index (κ2) is 7.14. The molecular weight excluding hydrogens is 350 g/mol. The predicted molar refractivity (Wildman–Crippen MR) is 94.3 cm³/mol. The molecule has 126 valence electrons. The summed E-state index contributed by atoms with van der Waals surface area (Å²) >= 11 is 7.30. The Kier molecular flexibility index (Phi) is 4.96. The summed E-state index contributed by atoms with van der Waals surface area (Å²) in [7, 11) is 0. The number of fused-ring (bicyclic) bond motifs is 1. The lowest BCUT2D eigenvalue weighted by atomic mass is 10.2. The fourth-order valence-electron chi connectivity index (χ4n) is 2.58. The number of carbonyl (C=O) groups excluding carboxylic acids is 2. The predicted octanol–water partition coefficient (Wildman–Crippen LogP) is 1.61. The maximum Gasteiger partial charge on any atom is 0.246 e. The summed E-state index contributed by atoms with van der Waals surface area (Å²) in [6.07, 6.45) is 1.30. The minimum atomic E-state index is -0.102. The molecule has 0 saturated carbocycles. The standard InChI is InChI=1S/C15H16ClN5O2S/c1-2-12(22)20-5-7-21(8-6-20)13(23)9-17-14-10(16)3-4-11-15(14)19-24-18-11/h2-4,17H,1,5-9H2. The Balaban J connectivity index is 1.60. The van der Waals surface area contributed by atoms with Crippen LogP contribution in [0.5, 0.6) is 0 Å². The zero-order chi connectivity index (χ0) is 17.1. The molecule has 1 saturated heterocycles. The molecule has 1 fully saturated rings. The van der Waals surface area contributed by atoms with Crippen molar-refractivity contribution in [1.82, 2.24) is 18.5 Å². The molecule has 7 nitrogen and oxygen atoms in total. The van der Waals surface area contributed by atoms with Gasteiger partial charge in [-0.2, -0.15) is 8.75 Å². The van der Waals surface area contributed by atoms with Crippen LogP contribution in [-0.2, 0) is 9.59 Å². The van der Waals surface area contributed by atoms with Crippen molar-refractivity contribution >= 4 is 51.9 Å². The average molecular weight is 366 g/mol. The van der Waals surface area contributed by atoms with E-state index in [1.54, 1.807) is 21.9 Å². The lowest BCUT2D eigenvalue weighted by Crippen LogP contribution is -2.51. The highest BCUT2D eigenvalue weighted by Crippen LogP contribution is 2.29. The summed E-state index contributed by atoms with van der Waals surface area (Å²) in [6, 6.07) is 3.53. The molecule has 2 heterocycles. The third kappa shape index (κ3) is 3.34. The topological polar surface area (TPSA) is 78.4 Å². The average Bonchev–Trinajstić information content (AvgIpc) is 3.09. The van der Waals surface area contributed by atoms with Gasteiger partial charge in [-0.25, -0.2) is 0 Å². The Morgan fingerprint density at radius 1 is 1.25 bits per heavy atom. The van der Waals surface area contributed by atoms with Gasteiger partial charge in [0, 0.05) is 26.2 Å². The molecule has 9 heteroatoms. The summed E-state index contributed by atoms with van der Waals surface area (Å²) in [5.41, 5.74) is 2.04. The maximum atomic E-state index is 12.4. The smallest absolute Gasteiger partial charge is 0.246 e. The molecule has 0 spiro atoms. The van der Waals surface area contributed by atoms with Gasteiger partial charge >= 0.3 is 0 Å². The number of halogens is 1. The number of piperazine rings is 1. The van der Waals surface area contributed by atoms with Crippen molar-refractivity contribution in [1.29, 1.82) is 0 Å². The lowest BCUT2D eigenvalue weighted by molar-refractivity contribution is -0.135. The van der Waals surface area contributed by atoms with Crippen LogP contribution in [0.2, 0.25) is 5.02 Å². The van der Waals surface area contributed by atoms with Gasteiger partial charge in [0.1, 0.15) is 11.0 Å². The largest absolute Gasteiger partial charge is 0.373 e. The summed E-state index contributed by atoms with van der Waals surface area (Å²) in [5, 5.41) is 3.57. The molecule has 1 aromatic carbocycles. The molecule has 1 aliphatic heterocycles. The lowest BCUT2D eigenvalue weighted by Gasteiger charge is -2.34. The van der Waals surface area contributed by atoms with Crippen LogP contribution in [0.1, 0.15) is 0 Å². The first kappa shape index (κ1) is 16.7. The monoisotopic (exact) mass is 365 g/mol. The van der Waals surface area contributed by atoms with E-state index in [-0.39, 0.29) is 18.4 Å². The van der Waals surface area contributed by atoms with Crippen LogP contribution in [-0.4, -0.2) is 63.1 Å². The number of nitrogens with one attached hydrogen (secondary N) is 1. The van der Waals surface area contributed by atoms with E-state index in [2.05, 4.69) is 20.6 Å². The first-order valence-electron chi connectivity index (χ1n) is 7.44. The van der Waals surface area contributed by atoms with E-state index in [9.17, 15) is 9.59 Å². The van der Waals surface area contributed by atoms with Crippen molar-refractivity contribution in [3.63, 3.8) is 0 Å². The Bertz CT molecular complexity index is 785. The Hall–Kier alpha value is -2.19. The Morgan fingerprint density at radius 3 is 2.67 bits per heavy atom. The second-order valence-electron chi connectivity index (χ2n) is 5.32. The summed E-state index contributed by atoms with van der Waals surface area (Å²) in [4.78, 5) is 27.3. The number of amides is 2. The number of hydrogen-bond acceptors (Lipinski definition) is 6. The molecule has 2 aromatic rings. The van der Waals surface area contributed by atoms with Gasteiger partial charge in [0.2, 0.25) is 11.8 Å². The molecule has 2 amide bonds. The molecule has 1 aromatic heterocycles. The van der Waals surface area contributed by atoms with Crippen LogP contribution >= 0.6 is 23.3 Å². The molecular formula is C15H16ClN5O2S. The minimum Gasteiger partial charge on any atom is -0.373 e. The van der Waals surface area contributed by atoms with Crippen molar-refractivity contribution in [2.45, 2.75) is 0 Å². The number of aromatic nitrogens is 2. The van der Waals surface area contributed by atoms with Gasteiger partial charge in [-0.1, -0.05) is 18.2 Å². The number of nitrogens with zero attached hydrogens (tertiary/aromatic N) is 4. The van der Waals surface area contributed by atoms with Crippen molar-refractivity contribution in [2.24, 2.45) is 0 Å². The van der Waals surface area contributed by atoms with Gasteiger partial charge in [0.25, 0.3) is 0 Å². The van der Waals surface area contributed by atoms with E-state index in [4.69, 9.17) is 11.6 Å². The molecule has 0 bridgehead atoms. The SMILES string of the molecule is C=CC(=O)N1CCN(C(=O)CNc2c(Cl)ccc3nsnc23)CC1. The molecule has 1 aliphatic rings. The Morgan fingerprint density at radius 2 is 1.96 bits per heavy atom. The summed E-state index contributed by atoms with van der Waals surface area (Å²) < 4.78 is 8.38. The van der Waals surface area contributed by atoms with Crippen LogP contribution in [0, 0.1) is 0 Å². The Labute approximate surface area is 148 Å². The fourth-order valence-corrected chi connectivity index (χ4v) is 3.34. The molecule has 3 rings (SSSR count). The van der Waals surface area contributed by atoms with Crippen molar-refractivity contribution in [2.75, 3.05) is 38.0 Å². The van der Waals surface area contributed by atoms with E-state index in [1.807, 2.05) is 0 Å². The zero-order valence-electron chi connectivity index (χ0n) is 12.9. The van der Waals surface area contributed by atoms with Crippen LogP contribution < -0.4 is 5.32 Å². The number of carbonyl (C=O) groups is 2. The zero-order valence-corrected chi connectivity index (χ0v) is 14.4. The fraction of sp³-hybridized carbons (Fsp3) is 0.333. The van der Waals surface area contributed by atoms with Gasteiger partial charge in [-0.3, -0.25) is 9.59 Å². The highest BCUT2D eigenvalue weighted by Gasteiger charge is 2.23. The quantitative estimate of drug-likeness (QED) is 0.833. The first-order valence-corrected chi connectivity index (χ1v) is 8.54. The van der Waals surface area contributed by atoms with E-state index >= 15 is 0 Å².